The van der Waals surface area contributed by atoms with Crippen LogP contribution in [0.15, 0.2) is 42.5 Å². The molecule has 0 radical (unpaired) electrons. The van der Waals surface area contributed by atoms with Gasteiger partial charge in [-0.05, 0) is 25.5 Å². The van der Waals surface area contributed by atoms with Gasteiger partial charge in [0, 0.05) is 18.2 Å². The van der Waals surface area contributed by atoms with Crippen molar-refractivity contribution in [3.05, 3.63) is 69.3 Å². The normalized spacial score (nSPS) is 11.5. The summed E-state index contributed by atoms with van der Waals surface area (Å²) in [5.74, 6) is 0. The lowest BCUT2D eigenvalue weighted by Gasteiger charge is -2.16. The first-order valence-electron chi connectivity index (χ1n) is 6.53. The van der Waals surface area contributed by atoms with E-state index in [2.05, 4.69) is 5.32 Å². The molecule has 21 heavy (non-hydrogen) atoms. The Bertz CT molecular complexity index is 702. The quantitative estimate of drug-likeness (QED) is 0.679. The van der Waals surface area contributed by atoms with Gasteiger partial charge in [-0.1, -0.05) is 29.8 Å². The highest BCUT2D eigenvalue weighted by molar-refractivity contribution is 5.62. The molecule has 0 aliphatic rings. The summed E-state index contributed by atoms with van der Waals surface area (Å²) in [6.45, 7) is 4.00. The Labute approximate surface area is 123 Å². The largest absolute Gasteiger partial charge is 0.377 e. The van der Waals surface area contributed by atoms with E-state index in [0.717, 1.165) is 5.56 Å². The molecule has 1 unspecified atom stereocenters. The summed E-state index contributed by atoms with van der Waals surface area (Å²) in [5.41, 5.74) is 3.04. The predicted molar refractivity (Wildman–Crippen MR) is 81.0 cm³/mol. The van der Waals surface area contributed by atoms with Crippen LogP contribution in [0.25, 0.3) is 0 Å². The van der Waals surface area contributed by atoms with Crippen LogP contribution in [0.4, 0.5) is 11.4 Å². The smallest absolute Gasteiger partial charge is 0.270 e. The maximum atomic E-state index is 10.7. The topological polar surface area (TPSA) is 79.0 Å². The molecule has 0 saturated carbocycles. The fourth-order valence-corrected chi connectivity index (χ4v) is 2.04. The number of hydrogen-bond acceptors (Lipinski definition) is 4. The standard InChI is InChI=1S/C16H15N3O2/c1-11-3-5-13(6-4-11)12(2)18-16-8-7-15(19(20)21)9-14(16)10-17/h3-9,12,18H,1-2H3. The third kappa shape index (κ3) is 3.37. The van der Waals surface area contributed by atoms with E-state index in [1.165, 1.54) is 17.7 Å². The van der Waals surface area contributed by atoms with Crippen molar-refractivity contribution in [3.8, 4) is 6.07 Å². The summed E-state index contributed by atoms with van der Waals surface area (Å²) in [7, 11) is 0. The number of aryl methyl sites for hydroxylation is 1. The lowest BCUT2D eigenvalue weighted by Crippen LogP contribution is -2.08. The second-order valence-corrected chi connectivity index (χ2v) is 4.88. The molecule has 1 atom stereocenters. The third-order valence-electron chi connectivity index (χ3n) is 3.28. The summed E-state index contributed by atoms with van der Waals surface area (Å²) < 4.78 is 0. The van der Waals surface area contributed by atoms with Gasteiger partial charge < -0.3 is 5.32 Å². The van der Waals surface area contributed by atoms with E-state index in [1.54, 1.807) is 6.07 Å². The molecule has 0 bridgehead atoms. The molecule has 106 valence electrons. The Morgan fingerprint density at radius 2 is 1.90 bits per heavy atom. The molecule has 2 rings (SSSR count). The first kappa shape index (κ1) is 14.5. The zero-order chi connectivity index (χ0) is 15.4. The van der Waals surface area contributed by atoms with Crippen LogP contribution in [0.2, 0.25) is 0 Å². The van der Waals surface area contributed by atoms with Gasteiger partial charge in [0.2, 0.25) is 0 Å². The number of nitriles is 1. The van der Waals surface area contributed by atoms with Crippen LogP contribution < -0.4 is 5.32 Å². The summed E-state index contributed by atoms with van der Waals surface area (Å²) in [6.07, 6.45) is 0. The van der Waals surface area contributed by atoms with Gasteiger partial charge >= 0.3 is 0 Å². The number of nitro benzene ring substituents is 1. The molecule has 0 spiro atoms. The average molecular weight is 281 g/mol. The van der Waals surface area contributed by atoms with Crippen LogP contribution in [0.1, 0.15) is 29.7 Å². The lowest BCUT2D eigenvalue weighted by molar-refractivity contribution is -0.384. The molecule has 5 nitrogen and oxygen atoms in total. The number of rotatable bonds is 4. The van der Waals surface area contributed by atoms with Gasteiger partial charge in [-0.2, -0.15) is 5.26 Å². The third-order valence-corrected chi connectivity index (χ3v) is 3.28. The fraction of sp³-hybridized carbons (Fsp3) is 0.188. The minimum Gasteiger partial charge on any atom is -0.377 e. The molecular weight excluding hydrogens is 266 g/mol. The van der Waals surface area contributed by atoms with Crippen LogP contribution in [0.5, 0.6) is 0 Å². The van der Waals surface area contributed by atoms with Crippen molar-refractivity contribution in [2.75, 3.05) is 5.32 Å². The Hall–Kier alpha value is -2.87. The van der Waals surface area contributed by atoms with Crippen molar-refractivity contribution in [2.45, 2.75) is 19.9 Å². The number of nitrogens with zero attached hydrogens (tertiary/aromatic N) is 2. The molecule has 0 fully saturated rings. The van der Waals surface area contributed by atoms with E-state index in [9.17, 15) is 10.1 Å². The molecule has 0 heterocycles. The number of nitro groups is 1. The number of nitrogens with one attached hydrogen (secondary N) is 1. The van der Waals surface area contributed by atoms with Crippen molar-refractivity contribution in [2.24, 2.45) is 0 Å². The van der Waals surface area contributed by atoms with Crippen LogP contribution in [0.3, 0.4) is 0 Å². The average Bonchev–Trinajstić information content (AvgIpc) is 2.48. The maximum absolute atomic E-state index is 10.7. The molecule has 5 heteroatoms. The Kier molecular flexibility index (Phi) is 4.19. The van der Waals surface area contributed by atoms with Gasteiger partial charge in [-0.3, -0.25) is 10.1 Å². The van der Waals surface area contributed by atoms with Gasteiger partial charge in [0.05, 0.1) is 16.2 Å². The SMILES string of the molecule is Cc1ccc(C(C)Nc2ccc([N+](=O)[O-])cc2C#N)cc1. The fourth-order valence-electron chi connectivity index (χ4n) is 2.04. The molecular formula is C16H15N3O2. The van der Waals surface area contributed by atoms with Gasteiger partial charge in [-0.15, -0.1) is 0 Å². The predicted octanol–water partition coefficient (Wildman–Crippen LogP) is 3.95. The lowest BCUT2D eigenvalue weighted by atomic mass is 10.1. The minimum absolute atomic E-state index is 0.000781. The van der Waals surface area contributed by atoms with Crippen molar-refractivity contribution in [3.63, 3.8) is 0 Å². The Balaban J connectivity index is 2.25. The van der Waals surface area contributed by atoms with Crippen molar-refractivity contribution >= 4 is 11.4 Å². The van der Waals surface area contributed by atoms with E-state index < -0.39 is 4.92 Å². The molecule has 0 saturated heterocycles. The van der Waals surface area contributed by atoms with Gasteiger partial charge in [0.15, 0.2) is 0 Å². The Morgan fingerprint density at radius 1 is 1.24 bits per heavy atom. The zero-order valence-corrected chi connectivity index (χ0v) is 11.8. The van der Waals surface area contributed by atoms with Crippen molar-refractivity contribution < 1.29 is 4.92 Å². The zero-order valence-electron chi connectivity index (χ0n) is 11.8. The number of benzene rings is 2. The highest BCUT2D eigenvalue weighted by atomic mass is 16.6. The molecule has 1 N–H and O–H groups in total. The van der Waals surface area contributed by atoms with Crippen LogP contribution in [0, 0.1) is 28.4 Å². The van der Waals surface area contributed by atoms with E-state index in [4.69, 9.17) is 5.26 Å². The van der Waals surface area contributed by atoms with E-state index in [0.29, 0.717) is 5.69 Å². The van der Waals surface area contributed by atoms with E-state index in [1.807, 2.05) is 44.2 Å². The number of anilines is 1. The number of non-ortho nitro benzene ring substituents is 1. The first-order chi connectivity index (χ1) is 10.0. The molecule has 2 aromatic rings. The summed E-state index contributed by atoms with van der Waals surface area (Å²) in [6, 6.07) is 14.3. The number of hydrogen-bond donors (Lipinski definition) is 1. The van der Waals surface area contributed by atoms with Crippen molar-refractivity contribution in [1.29, 1.82) is 5.26 Å². The molecule has 0 aromatic heterocycles. The van der Waals surface area contributed by atoms with E-state index >= 15 is 0 Å². The molecule has 0 aliphatic heterocycles. The summed E-state index contributed by atoms with van der Waals surface area (Å²) >= 11 is 0. The minimum atomic E-state index is -0.506. The second-order valence-electron chi connectivity index (χ2n) is 4.88. The summed E-state index contributed by atoms with van der Waals surface area (Å²) in [5, 5.41) is 23.1. The maximum Gasteiger partial charge on any atom is 0.270 e. The summed E-state index contributed by atoms with van der Waals surface area (Å²) in [4.78, 5) is 10.2. The van der Waals surface area contributed by atoms with Crippen LogP contribution in [-0.2, 0) is 0 Å². The monoisotopic (exact) mass is 281 g/mol. The molecule has 2 aromatic carbocycles. The molecule has 0 amide bonds. The first-order valence-corrected chi connectivity index (χ1v) is 6.53. The van der Waals surface area contributed by atoms with Crippen LogP contribution >= 0.6 is 0 Å². The van der Waals surface area contributed by atoms with E-state index in [-0.39, 0.29) is 17.3 Å². The van der Waals surface area contributed by atoms with Crippen LogP contribution in [-0.4, -0.2) is 4.92 Å². The second kappa shape index (κ2) is 6.06. The van der Waals surface area contributed by atoms with Crippen molar-refractivity contribution in [1.82, 2.24) is 0 Å². The Morgan fingerprint density at radius 3 is 2.48 bits per heavy atom. The van der Waals surface area contributed by atoms with Gasteiger partial charge in [0.1, 0.15) is 6.07 Å². The highest BCUT2D eigenvalue weighted by Gasteiger charge is 2.13. The molecule has 0 aliphatic carbocycles. The highest BCUT2D eigenvalue weighted by Crippen LogP contribution is 2.25. The van der Waals surface area contributed by atoms with Gasteiger partial charge in [0.25, 0.3) is 5.69 Å². The van der Waals surface area contributed by atoms with Gasteiger partial charge in [-0.25, -0.2) is 0 Å².